The van der Waals surface area contributed by atoms with Crippen LogP contribution < -0.4 is 5.32 Å². The van der Waals surface area contributed by atoms with Crippen LogP contribution in [-0.4, -0.2) is 5.54 Å². The Kier molecular flexibility index (Phi) is 3.12. The first-order chi connectivity index (χ1) is 9.34. The van der Waals surface area contributed by atoms with Gasteiger partial charge >= 0.3 is 0 Å². The number of hydrogen-bond donors (Lipinski definition) is 1. The molecule has 3 rings (SSSR count). The molecule has 1 saturated carbocycles. The lowest BCUT2D eigenvalue weighted by molar-refractivity contribution is 0.669. The third-order valence-corrected chi connectivity index (χ3v) is 3.86. The molecule has 0 amide bonds. The van der Waals surface area contributed by atoms with E-state index in [1.165, 1.54) is 17.5 Å². The molecule has 1 aromatic rings. The van der Waals surface area contributed by atoms with Gasteiger partial charge in [-0.05, 0) is 36.7 Å². The summed E-state index contributed by atoms with van der Waals surface area (Å²) in [5.41, 5.74) is 2.70. The maximum Gasteiger partial charge on any atom is 0.0623 e. The molecule has 1 nitrogen and oxygen atoms in total. The van der Waals surface area contributed by atoms with Crippen LogP contribution in [-0.2, 0) is 0 Å². The van der Waals surface area contributed by atoms with Gasteiger partial charge in [0.15, 0.2) is 0 Å². The van der Waals surface area contributed by atoms with Crippen molar-refractivity contribution in [1.29, 1.82) is 0 Å². The topological polar surface area (TPSA) is 12.0 Å². The number of nitrogens with one attached hydrogen (secondary N) is 1. The van der Waals surface area contributed by atoms with Crippen molar-refractivity contribution < 1.29 is 0 Å². The summed E-state index contributed by atoms with van der Waals surface area (Å²) >= 11 is 0. The Morgan fingerprint density at radius 3 is 2.68 bits per heavy atom. The van der Waals surface area contributed by atoms with Crippen molar-refractivity contribution in [2.75, 3.05) is 0 Å². The van der Waals surface area contributed by atoms with Crippen LogP contribution in [0.5, 0.6) is 0 Å². The van der Waals surface area contributed by atoms with Crippen molar-refractivity contribution >= 4 is 12.2 Å². The van der Waals surface area contributed by atoms with E-state index in [0.717, 1.165) is 0 Å². The van der Waals surface area contributed by atoms with Crippen LogP contribution in [0.4, 0.5) is 0 Å². The zero-order valence-corrected chi connectivity index (χ0v) is 11.2. The minimum Gasteiger partial charge on any atom is -0.381 e. The summed E-state index contributed by atoms with van der Waals surface area (Å²) in [6.45, 7) is 2.05. The highest BCUT2D eigenvalue weighted by molar-refractivity contribution is 5.65. The Bertz CT molecular complexity index is 577. The number of benzene rings is 1. The standard InChI is InChI=1S/C18H19N/c1-2-7-15-8-3-4-9-16(15)11-13-19-18-12-6-5-10-17(18)14-18/h2-13,17,19H,14H2,1H3/b7-2-,13-11+. The fourth-order valence-corrected chi connectivity index (χ4v) is 2.66. The van der Waals surface area contributed by atoms with E-state index in [0.29, 0.717) is 5.92 Å². The van der Waals surface area contributed by atoms with Gasteiger partial charge in [0.25, 0.3) is 0 Å². The molecule has 2 aliphatic rings. The van der Waals surface area contributed by atoms with Gasteiger partial charge in [0.1, 0.15) is 0 Å². The Morgan fingerprint density at radius 1 is 1.16 bits per heavy atom. The van der Waals surface area contributed by atoms with Gasteiger partial charge in [0.05, 0.1) is 5.54 Å². The van der Waals surface area contributed by atoms with Gasteiger partial charge < -0.3 is 5.32 Å². The third-order valence-electron chi connectivity index (χ3n) is 3.86. The molecule has 0 radical (unpaired) electrons. The van der Waals surface area contributed by atoms with Crippen LogP contribution in [0.15, 0.2) is 60.8 Å². The van der Waals surface area contributed by atoms with E-state index in [1.807, 2.05) is 6.92 Å². The lowest BCUT2D eigenvalue weighted by Crippen LogP contribution is -2.26. The van der Waals surface area contributed by atoms with Crippen molar-refractivity contribution in [2.24, 2.45) is 5.92 Å². The van der Waals surface area contributed by atoms with Gasteiger partial charge in [0, 0.05) is 5.92 Å². The largest absolute Gasteiger partial charge is 0.381 e. The van der Waals surface area contributed by atoms with Crippen LogP contribution in [0, 0.1) is 5.92 Å². The van der Waals surface area contributed by atoms with E-state index in [4.69, 9.17) is 0 Å². The summed E-state index contributed by atoms with van der Waals surface area (Å²) in [6.07, 6.45) is 18.5. The summed E-state index contributed by atoms with van der Waals surface area (Å²) in [5, 5.41) is 3.55. The maximum atomic E-state index is 3.55. The lowest BCUT2D eigenvalue weighted by atomic mass is 10.1. The normalized spacial score (nSPS) is 27.9. The van der Waals surface area contributed by atoms with Crippen LogP contribution >= 0.6 is 0 Å². The smallest absolute Gasteiger partial charge is 0.0623 e. The molecular formula is C18H19N. The molecule has 1 heteroatoms. The zero-order chi connectivity index (χ0) is 13.1. The molecule has 0 spiro atoms. The fourth-order valence-electron chi connectivity index (χ4n) is 2.66. The quantitative estimate of drug-likeness (QED) is 0.844. The summed E-state index contributed by atoms with van der Waals surface area (Å²) in [5.74, 6) is 0.674. The average Bonchev–Trinajstić information content (AvgIpc) is 3.15. The maximum absolute atomic E-state index is 3.55. The van der Waals surface area contributed by atoms with Crippen molar-refractivity contribution in [2.45, 2.75) is 18.9 Å². The molecule has 19 heavy (non-hydrogen) atoms. The minimum absolute atomic E-state index is 0.195. The number of rotatable bonds is 4. The highest BCUT2D eigenvalue weighted by Crippen LogP contribution is 2.47. The first-order valence-electron chi connectivity index (χ1n) is 6.86. The van der Waals surface area contributed by atoms with E-state index >= 15 is 0 Å². The van der Waals surface area contributed by atoms with E-state index < -0.39 is 0 Å². The molecule has 0 aliphatic heterocycles. The minimum atomic E-state index is 0.195. The molecule has 2 unspecified atom stereocenters. The molecule has 0 aromatic heterocycles. The molecule has 2 aliphatic carbocycles. The average molecular weight is 249 g/mol. The summed E-state index contributed by atoms with van der Waals surface area (Å²) in [4.78, 5) is 0. The first-order valence-corrected chi connectivity index (χ1v) is 6.86. The Balaban J connectivity index is 1.71. The molecule has 96 valence electrons. The van der Waals surface area contributed by atoms with Crippen LogP contribution in [0.2, 0.25) is 0 Å². The van der Waals surface area contributed by atoms with Crippen LogP contribution in [0.1, 0.15) is 24.5 Å². The Hall–Kier alpha value is -2.02. The highest BCUT2D eigenvalue weighted by atomic mass is 15.0. The second kappa shape index (κ2) is 4.93. The second-order valence-corrected chi connectivity index (χ2v) is 5.20. The molecule has 1 fully saturated rings. The summed E-state index contributed by atoms with van der Waals surface area (Å²) in [6, 6.07) is 8.44. The molecule has 0 bridgehead atoms. The monoisotopic (exact) mass is 249 g/mol. The van der Waals surface area contributed by atoms with Crippen molar-refractivity contribution in [1.82, 2.24) is 5.32 Å². The van der Waals surface area contributed by atoms with Crippen molar-refractivity contribution in [3.05, 3.63) is 72.0 Å². The molecule has 2 atom stereocenters. The highest BCUT2D eigenvalue weighted by Gasteiger charge is 2.50. The summed E-state index contributed by atoms with van der Waals surface area (Å²) in [7, 11) is 0. The summed E-state index contributed by atoms with van der Waals surface area (Å²) < 4.78 is 0. The van der Waals surface area contributed by atoms with E-state index in [9.17, 15) is 0 Å². The van der Waals surface area contributed by atoms with Crippen molar-refractivity contribution in [3.8, 4) is 0 Å². The van der Waals surface area contributed by atoms with Gasteiger partial charge in [0.2, 0.25) is 0 Å². The third kappa shape index (κ3) is 2.41. The fraction of sp³-hybridized carbons (Fsp3) is 0.222. The van der Waals surface area contributed by atoms with Crippen LogP contribution in [0.3, 0.4) is 0 Å². The molecule has 0 saturated heterocycles. The van der Waals surface area contributed by atoms with E-state index in [2.05, 4.69) is 78.3 Å². The van der Waals surface area contributed by atoms with E-state index in [1.54, 1.807) is 0 Å². The van der Waals surface area contributed by atoms with Gasteiger partial charge in [-0.1, -0.05) is 60.7 Å². The lowest BCUT2D eigenvalue weighted by Gasteiger charge is -2.14. The predicted octanol–water partition coefficient (Wildman–Crippen LogP) is 4.16. The van der Waals surface area contributed by atoms with E-state index in [-0.39, 0.29) is 5.54 Å². The van der Waals surface area contributed by atoms with Gasteiger partial charge in [-0.25, -0.2) is 0 Å². The molecule has 1 N–H and O–H groups in total. The second-order valence-electron chi connectivity index (χ2n) is 5.20. The van der Waals surface area contributed by atoms with Gasteiger partial charge in [-0.2, -0.15) is 0 Å². The number of allylic oxidation sites excluding steroid dienone is 3. The first kappa shape index (κ1) is 12.0. The predicted molar refractivity (Wildman–Crippen MR) is 82.4 cm³/mol. The van der Waals surface area contributed by atoms with Gasteiger partial charge in [-0.3, -0.25) is 0 Å². The van der Waals surface area contributed by atoms with Gasteiger partial charge in [-0.15, -0.1) is 0 Å². The van der Waals surface area contributed by atoms with Crippen molar-refractivity contribution in [3.63, 3.8) is 0 Å². The molecule has 0 heterocycles. The SMILES string of the molecule is C/C=C\c1ccccc1/C=C/NC12C=CC=CC1C2. The Morgan fingerprint density at radius 2 is 1.95 bits per heavy atom. The Labute approximate surface area is 115 Å². The number of hydrogen-bond acceptors (Lipinski definition) is 1. The number of fused-ring (bicyclic) bond motifs is 1. The zero-order valence-electron chi connectivity index (χ0n) is 11.2. The molecule has 1 aromatic carbocycles. The molecular weight excluding hydrogens is 230 g/mol. The van der Waals surface area contributed by atoms with Crippen LogP contribution in [0.25, 0.3) is 12.2 Å².